The van der Waals surface area contributed by atoms with Gasteiger partial charge in [-0.1, -0.05) is 54.6 Å². The number of nitrogens with zero attached hydrogens (tertiary/aromatic N) is 2. The topological polar surface area (TPSA) is 154 Å². The molecule has 6 rings (SSSR count). The van der Waals surface area contributed by atoms with Gasteiger partial charge in [-0.2, -0.15) is 9.57 Å². The van der Waals surface area contributed by atoms with Gasteiger partial charge in [-0.25, -0.2) is 13.2 Å². The van der Waals surface area contributed by atoms with Gasteiger partial charge in [0, 0.05) is 35.3 Å². The predicted octanol–water partition coefficient (Wildman–Crippen LogP) is 4.08. The number of nitrogens with one attached hydrogen (secondary N) is 1. The average Bonchev–Trinajstić information content (AvgIpc) is 3.34. The van der Waals surface area contributed by atoms with Crippen molar-refractivity contribution in [1.29, 1.82) is 5.26 Å². The Balaban J connectivity index is 1.28. The lowest BCUT2D eigenvalue weighted by Crippen LogP contribution is -2.37. The van der Waals surface area contributed by atoms with Crippen molar-refractivity contribution < 1.29 is 32.6 Å². The molecule has 1 amide bonds. The van der Waals surface area contributed by atoms with Crippen molar-refractivity contribution >= 4 is 27.7 Å². The molecule has 2 N–H and O–H groups in total. The number of benzene rings is 4. The van der Waals surface area contributed by atoms with Gasteiger partial charge in [-0.05, 0) is 52.9 Å². The minimum Gasteiger partial charge on any atom is -0.495 e. The zero-order valence-corrected chi connectivity index (χ0v) is 24.2. The van der Waals surface area contributed by atoms with Gasteiger partial charge >= 0.3 is 5.97 Å². The number of nitriles is 1. The van der Waals surface area contributed by atoms with Gasteiger partial charge < -0.3 is 15.2 Å². The van der Waals surface area contributed by atoms with Gasteiger partial charge in [0.2, 0.25) is 10.0 Å². The van der Waals surface area contributed by atoms with Crippen molar-refractivity contribution in [1.82, 2.24) is 9.62 Å². The van der Waals surface area contributed by atoms with Crippen molar-refractivity contribution in [2.24, 2.45) is 0 Å². The smallest absolute Gasteiger partial charge is 0.330 e. The number of carbonyl (C=O) groups is 3. The summed E-state index contributed by atoms with van der Waals surface area (Å²) in [5.41, 5.74) is 3.92. The van der Waals surface area contributed by atoms with Gasteiger partial charge in [0.15, 0.2) is 11.8 Å². The van der Waals surface area contributed by atoms with Crippen LogP contribution in [0.4, 0.5) is 0 Å². The molecular formula is C33H25N3O7S. The summed E-state index contributed by atoms with van der Waals surface area (Å²) in [6.07, 6.45) is 0.393. The number of methoxy groups -OCH3 is 1. The third-order valence-electron chi connectivity index (χ3n) is 7.99. The summed E-state index contributed by atoms with van der Waals surface area (Å²) >= 11 is 0. The number of ether oxygens (including phenoxy) is 1. The number of fused-ring (bicyclic) bond motifs is 4. The van der Waals surface area contributed by atoms with Gasteiger partial charge in [-0.15, -0.1) is 0 Å². The monoisotopic (exact) mass is 607 g/mol. The molecule has 10 nitrogen and oxygen atoms in total. The van der Waals surface area contributed by atoms with Crippen LogP contribution < -0.4 is 10.1 Å². The Morgan fingerprint density at radius 1 is 0.977 bits per heavy atom. The average molecular weight is 608 g/mol. The molecule has 1 aliphatic carbocycles. The fraction of sp³-hybridized carbons (Fsp3) is 0.152. The highest BCUT2D eigenvalue weighted by Crippen LogP contribution is 2.39. The van der Waals surface area contributed by atoms with Crippen LogP contribution in [-0.2, 0) is 27.8 Å². The standard InChI is InChI=1S/C33H25N3O7S/c1-43-28-12-11-23(16-21(28)17-34)44(41,42)36-14-13-19-9-10-20(15-22(19)18-36)30(33(39)40)35-32(38)27-8-4-7-26-29(27)24-5-2-3-6-25(24)31(26)37/h2-12,15-16,30H,13-14,18H2,1H3,(H,35,38)(H,39,40). The van der Waals surface area contributed by atoms with Crippen molar-refractivity contribution in [2.75, 3.05) is 13.7 Å². The summed E-state index contributed by atoms with van der Waals surface area (Å²) in [6, 6.07) is 21.2. The Kier molecular flexibility index (Phi) is 7.25. The Labute approximate surface area is 253 Å². The molecule has 0 saturated carbocycles. The van der Waals surface area contributed by atoms with Crippen molar-refractivity contribution in [3.05, 3.63) is 118 Å². The highest BCUT2D eigenvalue weighted by Gasteiger charge is 2.33. The van der Waals surface area contributed by atoms with E-state index < -0.39 is 27.9 Å². The Morgan fingerprint density at radius 2 is 1.73 bits per heavy atom. The zero-order chi connectivity index (χ0) is 31.2. The van der Waals surface area contributed by atoms with Crippen LogP contribution in [0.1, 0.15) is 54.6 Å². The van der Waals surface area contributed by atoms with Crippen LogP contribution in [-0.4, -0.2) is 49.1 Å². The maximum absolute atomic E-state index is 13.5. The molecule has 4 aromatic rings. The minimum absolute atomic E-state index is 0.0230. The summed E-state index contributed by atoms with van der Waals surface area (Å²) in [4.78, 5) is 38.8. The largest absolute Gasteiger partial charge is 0.495 e. The third kappa shape index (κ3) is 4.80. The predicted molar refractivity (Wildman–Crippen MR) is 159 cm³/mol. The van der Waals surface area contributed by atoms with E-state index in [0.29, 0.717) is 34.2 Å². The molecule has 0 fully saturated rings. The first-order valence-electron chi connectivity index (χ1n) is 13.6. The van der Waals surface area contributed by atoms with Crippen LogP contribution in [0.25, 0.3) is 11.1 Å². The summed E-state index contributed by atoms with van der Waals surface area (Å²) in [5, 5.41) is 22.1. The first-order chi connectivity index (χ1) is 21.1. The second-order valence-electron chi connectivity index (χ2n) is 10.4. The molecule has 1 unspecified atom stereocenters. The van der Waals surface area contributed by atoms with Crippen molar-refractivity contribution in [2.45, 2.75) is 23.9 Å². The molecule has 4 aromatic carbocycles. The van der Waals surface area contributed by atoms with Crippen molar-refractivity contribution in [3.8, 4) is 22.9 Å². The molecule has 0 aromatic heterocycles. The third-order valence-corrected chi connectivity index (χ3v) is 9.83. The number of sulfonamides is 1. The SMILES string of the molecule is COc1ccc(S(=O)(=O)N2CCc3ccc(C(NC(=O)c4cccc5c4-c4ccccc4C5=O)C(=O)O)cc3C2)cc1C#N. The lowest BCUT2D eigenvalue weighted by Gasteiger charge is -2.29. The second-order valence-corrected chi connectivity index (χ2v) is 12.4. The summed E-state index contributed by atoms with van der Waals surface area (Å²) in [6.45, 7) is 0.172. The van der Waals surface area contributed by atoms with E-state index in [1.54, 1.807) is 60.7 Å². The Hall–Kier alpha value is -5.31. The van der Waals surface area contributed by atoms with E-state index in [2.05, 4.69) is 5.32 Å². The van der Waals surface area contributed by atoms with Crippen molar-refractivity contribution in [3.63, 3.8) is 0 Å². The first-order valence-corrected chi connectivity index (χ1v) is 15.1. The zero-order valence-electron chi connectivity index (χ0n) is 23.4. The lowest BCUT2D eigenvalue weighted by molar-refractivity contribution is -0.139. The quantitative estimate of drug-likeness (QED) is 0.281. The number of carboxylic acids is 1. The van der Waals surface area contributed by atoms with Crippen LogP contribution in [0.15, 0.2) is 83.8 Å². The van der Waals surface area contributed by atoms with Gasteiger partial charge in [-0.3, -0.25) is 9.59 Å². The molecule has 0 saturated heterocycles. The highest BCUT2D eigenvalue weighted by molar-refractivity contribution is 7.89. The number of aliphatic carboxylic acids is 1. The molecule has 0 bridgehead atoms. The van der Waals surface area contributed by atoms with Gasteiger partial charge in [0.25, 0.3) is 5.91 Å². The fourth-order valence-corrected chi connectivity index (χ4v) is 7.23. The number of carbonyl (C=O) groups excluding carboxylic acids is 2. The van der Waals surface area contributed by atoms with Gasteiger partial charge in [0.1, 0.15) is 11.8 Å². The molecule has 1 heterocycles. The molecule has 2 aliphatic rings. The second kappa shape index (κ2) is 11.1. The van der Waals surface area contributed by atoms with E-state index in [1.165, 1.54) is 29.6 Å². The van der Waals surface area contributed by atoms with Crippen LogP contribution in [0.3, 0.4) is 0 Å². The van der Waals surface area contributed by atoms with Crippen LogP contribution >= 0.6 is 0 Å². The van der Waals surface area contributed by atoms with E-state index >= 15 is 0 Å². The van der Waals surface area contributed by atoms with Gasteiger partial charge in [0.05, 0.1) is 17.6 Å². The number of ketones is 1. The first kappa shape index (κ1) is 28.8. The number of hydrogen-bond acceptors (Lipinski definition) is 7. The molecule has 0 spiro atoms. The maximum Gasteiger partial charge on any atom is 0.330 e. The summed E-state index contributed by atoms with van der Waals surface area (Å²) < 4.78 is 33.4. The van der Waals surface area contributed by atoms with E-state index in [4.69, 9.17) is 4.74 Å². The van der Waals surface area contributed by atoms with E-state index in [9.17, 15) is 33.2 Å². The Bertz CT molecular complexity index is 2030. The molecule has 1 atom stereocenters. The highest BCUT2D eigenvalue weighted by atomic mass is 32.2. The van der Waals surface area contributed by atoms with E-state index in [1.807, 2.05) is 6.07 Å². The molecule has 11 heteroatoms. The minimum atomic E-state index is -3.99. The Morgan fingerprint density at radius 3 is 2.45 bits per heavy atom. The number of hydrogen-bond donors (Lipinski definition) is 2. The molecule has 1 aliphatic heterocycles. The van der Waals surface area contributed by atoms with Crippen LogP contribution in [0.5, 0.6) is 5.75 Å². The van der Waals surface area contributed by atoms with E-state index in [-0.39, 0.29) is 46.2 Å². The molecular weight excluding hydrogens is 582 g/mol. The number of amides is 1. The fourth-order valence-electron chi connectivity index (χ4n) is 5.78. The van der Waals surface area contributed by atoms with Crippen LogP contribution in [0, 0.1) is 11.3 Å². The summed E-state index contributed by atoms with van der Waals surface area (Å²) in [5.74, 6) is -1.90. The molecule has 0 radical (unpaired) electrons. The lowest BCUT2D eigenvalue weighted by atomic mass is 9.95. The number of rotatable bonds is 7. The normalized spacial score (nSPS) is 14.5. The summed E-state index contributed by atoms with van der Waals surface area (Å²) in [7, 11) is -2.60. The number of carboxylic acid groups (broad SMARTS) is 1. The van der Waals surface area contributed by atoms with E-state index in [0.717, 1.165) is 5.56 Å². The molecule has 220 valence electrons. The maximum atomic E-state index is 13.5. The van der Waals surface area contributed by atoms with Crippen LogP contribution in [0.2, 0.25) is 0 Å². The molecule has 44 heavy (non-hydrogen) atoms.